The zero-order valence-corrected chi connectivity index (χ0v) is 12.2. The zero-order valence-electron chi connectivity index (χ0n) is 10.6. The number of amides is 1. The van der Waals surface area contributed by atoms with Crippen LogP contribution in [-0.4, -0.2) is 34.4 Å². The molecule has 0 aliphatic rings. The third kappa shape index (κ3) is 3.92. The first-order valence-electron chi connectivity index (χ1n) is 5.59. The van der Waals surface area contributed by atoms with Gasteiger partial charge >= 0.3 is 0 Å². The molecule has 104 valence electrons. The molecular formula is C12H15BrFN3O2. The minimum absolute atomic E-state index is 0.0531. The van der Waals surface area contributed by atoms with Gasteiger partial charge in [0.25, 0.3) is 5.91 Å². The summed E-state index contributed by atoms with van der Waals surface area (Å²) in [6.45, 7) is 3.46. The number of halogens is 2. The summed E-state index contributed by atoms with van der Waals surface area (Å²) < 4.78 is 14.3. The average molecular weight is 332 g/mol. The second-order valence-corrected chi connectivity index (χ2v) is 5.16. The molecule has 0 radical (unpaired) electrons. The standard InChI is InChI=1S/C12H15BrFN3O2/c1-7(2)17(6-11(15)16-19)12(18)9-4-3-8(13)5-10(9)14/h3-5,7,19H,6H2,1-2H3,(H2,15,16). The SMILES string of the molecule is CC(C)N(CC(N)=NO)C(=O)c1ccc(Br)cc1F. The lowest BCUT2D eigenvalue weighted by Crippen LogP contribution is -2.43. The Morgan fingerprint density at radius 1 is 1.58 bits per heavy atom. The Morgan fingerprint density at radius 2 is 2.21 bits per heavy atom. The lowest BCUT2D eigenvalue weighted by atomic mass is 10.1. The van der Waals surface area contributed by atoms with Crippen LogP contribution in [0.15, 0.2) is 27.8 Å². The third-order valence-electron chi connectivity index (χ3n) is 2.51. The Balaban J connectivity index is 3.06. The van der Waals surface area contributed by atoms with Crippen molar-refractivity contribution < 1.29 is 14.4 Å². The topological polar surface area (TPSA) is 78.9 Å². The number of carbonyl (C=O) groups excluding carboxylic acids is 1. The number of benzene rings is 1. The lowest BCUT2D eigenvalue weighted by Gasteiger charge is -2.26. The van der Waals surface area contributed by atoms with Gasteiger partial charge < -0.3 is 15.8 Å². The smallest absolute Gasteiger partial charge is 0.257 e. The number of amidine groups is 1. The van der Waals surface area contributed by atoms with E-state index in [9.17, 15) is 9.18 Å². The van der Waals surface area contributed by atoms with E-state index in [0.29, 0.717) is 4.47 Å². The predicted octanol–water partition coefficient (Wildman–Crippen LogP) is 2.19. The van der Waals surface area contributed by atoms with Gasteiger partial charge in [-0.1, -0.05) is 21.1 Å². The molecule has 3 N–H and O–H groups in total. The summed E-state index contributed by atoms with van der Waals surface area (Å²) in [5.41, 5.74) is 5.34. The van der Waals surface area contributed by atoms with Crippen LogP contribution in [-0.2, 0) is 0 Å². The number of oxime groups is 1. The van der Waals surface area contributed by atoms with Crippen LogP contribution in [0, 0.1) is 5.82 Å². The molecule has 0 aliphatic heterocycles. The number of carbonyl (C=O) groups is 1. The fourth-order valence-corrected chi connectivity index (χ4v) is 1.85. The average Bonchev–Trinajstić information content (AvgIpc) is 2.34. The monoisotopic (exact) mass is 331 g/mol. The molecule has 0 saturated heterocycles. The molecule has 7 heteroatoms. The highest BCUT2D eigenvalue weighted by molar-refractivity contribution is 9.10. The van der Waals surface area contributed by atoms with Crippen molar-refractivity contribution in [2.75, 3.05) is 6.54 Å². The molecule has 0 saturated carbocycles. The molecule has 0 unspecified atom stereocenters. The molecule has 5 nitrogen and oxygen atoms in total. The second-order valence-electron chi connectivity index (χ2n) is 4.24. The Morgan fingerprint density at radius 3 is 2.68 bits per heavy atom. The Kier molecular flexibility index (Phi) is 5.29. The minimum Gasteiger partial charge on any atom is -0.409 e. The van der Waals surface area contributed by atoms with Crippen molar-refractivity contribution in [2.45, 2.75) is 19.9 Å². The van der Waals surface area contributed by atoms with Gasteiger partial charge in [0, 0.05) is 10.5 Å². The summed E-state index contributed by atoms with van der Waals surface area (Å²) in [6, 6.07) is 3.98. The van der Waals surface area contributed by atoms with Crippen LogP contribution in [0.4, 0.5) is 4.39 Å². The highest BCUT2D eigenvalue weighted by atomic mass is 79.9. The molecule has 0 aliphatic carbocycles. The fraction of sp³-hybridized carbons (Fsp3) is 0.333. The maximum atomic E-state index is 13.8. The van der Waals surface area contributed by atoms with E-state index in [0.717, 1.165) is 0 Å². The van der Waals surface area contributed by atoms with Crippen LogP contribution in [0.5, 0.6) is 0 Å². The Hall–Kier alpha value is -1.63. The van der Waals surface area contributed by atoms with Crippen molar-refractivity contribution in [1.82, 2.24) is 4.90 Å². The summed E-state index contributed by atoms with van der Waals surface area (Å²) >= 11 is 3.13. The summed E-state index contributed by atoms with van der Waals surface area (Å²) in [7, 11) is 0. The molecule has 0 atom stereocenters. The van der Waals surface area contributed by atoms with Crippen molar-refractivity contribution in [3.05, 3.63) is 34.1 Å². The second kappa shape index (κ2) is 6.51. The van der Waals surface area contributed by atoms with Gasteiger partial charge in [-0.15, -0.1) is 0 Å². The van der Waals surface area contributed by atoms with Gasteiger partial charge in [0.05, 0.1) is 12.1 Å². The summed E-state index contributed by atoms with van der Waals surface area (Å²) in [5.74, 6) is -1.24. The first kappa shape index (κ1) is 15.4. The third-order valence-corrected chi connectivity index (χ3v) is 3.00. The molecule has 1 amide bonds. The first-order valence-corrected chi connectivity index (χ1v) is 6.38. The van der Waals surface area contributed by atoms with Crippen molar-refractivity contribution in [2.24, 2.45) is 10.9 Å². The largest absolute Gasteiger partial charge is 0.409 e. The van der Waals surface area contributed by atoms with Crippen LogP contribution in [0.1, 0.15) is 24.2 Å². The summed E-state index contributed by atoms with van der Waals surface area (Å²) in [6.07, 6.45) is 0. The van der Waals surface area contributed by atoms with Gasteiger partial charge in [-0.3, -0.25) is 4.79 Å². The molecule has 0 aromatic heterocycles. The van der Waals surface area contributed by atoms with E-state index >= 15 is 0 Å². The molecule has 1 aromatic rings. The first-order chi connectivity index (χ1) is 8.86. The number of hydrogen-bond donors (Lipinski definition) is 2. The van der Waals surface area contributed by atoms with Crippen LogP contribution in [0.3, 0.4) is 0 Å². The molecule has 1 rings (SSSR count). The van der Waals surface area contributed by atoms with Crippen LogP contribution in [0.25, 0.3) is 0 Å². The molecule has 0 spiro atoms. The normalized spacial score (nSPS) is 11.7. The highest BCUT2D eigenvalue weighted by Gasteiger charge is 2.22. The van der Waals surface area contributed by atoms with Crippen LogP contribution >= 0.6 is 15.9 Å². The molecule has 0 fully saturated rings. The highest BCUT2D eigenvalue weighted by Crippen LogP contribution is 2.17. The van der Waals surface area contributed by atoms with Crippen molar-refractivity contribution in [1.29, 1.82) is 0 Å². The quantitative estimate of drug-likeness (QED) is 0.384. The van der Waals surface area contributed by atoms with E-state index in [1.54, 1.807) is 19.9 Å². The Labute approximate surface area is 119 Å². The zero-order chi connectivity index (χ0) is 14.6. The summed E-state index contributed by atoms with van der Waals surface area (Å²) in [4.78, 5) is 13.6. The lowest BCUT2D eigenvalue weighted by molar-refractivity contribution is 0.0729. The van der Waals surface area contributed by atoms with Gasteiger partial charge in [0.2, 0.25) is 0 Å². The van der Waals surface area contributed by atoms with Crippen molar-refractivity contribution >= 4 is 27.7 Å². The van der Waals surface area contributed by atoms with E-state index in [4.69, 9.17) is 10.9 Å². The fourth-order valence-electron chi connectivity index (χ4n) is 1.51. The molecule has 0 bridgehead atoms. The van der Waals surface area contributed by atoms with E-state index in [1.807, 2.05) is 0 Å². The van der Waals surface area contributed by atoms with Gasteiger partial charge in [0.1, 0.15) is 5.82 Å². The van der Waals surface area contributed by atoms with E-state index in [2.05, 4.69) is 21.1 Å². The van der Waals surface area contributed by atoms with Gasteiger partial charge in [0.15, 0.2) is 5.84 Å². The van der Waals surface area contributed by atoms with Crippen LogP contribution in [0.2, 0.25) is 0 Å². The van der Waals surface area contributed by atoms with Crippen molar-refractivity contribution in [3.63, 3.8) is 0 Å². The van der Waals surface area contributed by atoms with Gasteiger partial charge in [-0.25, -0.2) is 4.39 Å². The number of hydrogen-bond acceptors (Lipinski definition) is 3. The van der Waals surface area contributed by atoms with Gasteiger partial charge in [-0.2, -0.15) is 0 Å². The maximum Gasteiger partial charge on any atom is 0.257 e. The summed E-state index contributed by atoms with van der Waals surface area (Å²) in [5, 5.41) is 11.4. The van der Waals surface area contributed by atoms with E-state index in [1.165, 1.54) is 17.0 Å². The molecular weight excluding hydrogens is 317 g/mol. The van der Waals surface area contributed by atoms with Crippen molar-refractivity contribution in [3.8, 4) is 0 Å². The number of nitrogens with zero attached hydrogens (tertiary/aromatic N) is 2. The number of nitrogens with two attached hydrogens (primary N) is 1. The predicted molar refractivity (Wildman–Crippen MR) is 73.7 cm³/mol. The molecule has 19 heavy (non-hydrogen) atoms. The maximum absolute atomic E-state index is 13.8. The van der Waals surface area contributed by atoms with Crippen LogP contribution < -0.4 is 5.73 Å². The number of rotatable bonds is 4. The molecule has 1 aromatic carbocycles. The van der Waals surface area contributed by atoms with E-state index in [-0.39, 0.29) is 24.0 Å². The molecule has 0 heterocycles. The minimum atomic E-state index is -0.621. The Bertz CT molecular complexity index is 506. The van der Waals surface area contributed by atoms with Gasteiger partial charge in [-0.05, 0) is 32.0 Å². The van der Waals surface area contributed by atoms with E-state index < -0.39 is 11.7 Å².